The summed E-state index contributed by atoms with van der Waals surface area (Å²) in [5, 5.41) is 1.00. The number of hydrogen-bond donors (Lipinski definition) is 1. The molecule has 1 N–H and O–H groups in total. The molecule has 1 aliphatic rings. The van der Waals surface area contributed by atoms with Gasteiger partial charge in [-0.2, -0.15) is 0 Å². The van der Waals surface area contributed by atoms with Crippen LogP contribution in [0.25, 0.3) is 22.5 Å². The number of rotatable bonds is 8. The molecule has 158 valence electrons. The zero-order valence-electron chi connectivity index (χ0n) is 17.9. The highest BCUT2D eigenvalue weighted by atomic mass is 32.2. The lowest BCUT2D eigenvalue weighted by Gasteiger charge is -2.35. The van der Waals surface area contributed by atoms with E-state index < -0.39 is 0 Å². The second-order valence-corrected chi connectivity index (χ2v) is 9.15. The summed E-state index contributed by atoms with van der Waals surface area (Å²) >= 11 is 1.82. The van der Waals surface area contributed by atoms with E-state index >= 15 is 0 Å². The maximum absolute atomic E-state index is 5.83. The summed E-state index contributed by atoms with van der Waals surface area (Å²) in [6, 6.07) is 20.9. The quantitative estimate of drug-likeness (QED) is 0.373. The van der Waals surface area contributed by atoms with Crippen LogP contribution in [0.2, 0.25) is 0 Å². The van der Waals surface area contributed by atoms with Crippen molar-refractivity contribution in [3.05, 3.63) is 60.7 Å². The number of imidazole rings is 1. The third-order valence-corrected chi connectivity index (χ3v) is 6.35. The normalized spacial score (nSPS) is 19.8. The summed E-state index contributed by atoms with van der Waals surface area (Å²) in [6.45, 7) is 7.60. The van der Waals surface area contributed by atoms with Crippen molar-refractivity contribution in [3.8, 4) is 22.5 Å². The van der Waals surface area contributed by atoms with E-state index in [1.54, 1.807) is 0 Å². The number of hydrogen-bond acceptors (Lipinski definition) is 4. The fourth-order valence-corrected chi connectivity index (χ4v) is 4.98. The second-order valence-electron chi connectivity index (χ2n) is 8.07. The first-order valence-corrected chi connectivity index (χ1v) is 11.9. The predicted octanol–water partition coefficient (Wildman–Crippen LogP) is 5.73. The SMILES string of the molecule is C[C@H]1CN(CCCCSc2nc(-c3ccccc3)c(-c3ccccc3)[nH]2)C[C@H](C)O1. The molecule has 5 heteroatoms. The van der Waals surface area contributed by atoms with Gasteiger partial charge in [-0.05, 0) is 33.2 Å². The largest absolute Gasteiger partial charge is 0.373 e. The summed E-state index contributed by atoms with van der Waals surface area (Å²) in [5.41, 5.74) is 4.45. The van der Waals surface area contributed by atoms with Crippen LogP contribution in [-0.2, 0) is 4.74 Å². The predicted molar refractivity (Wildman–Crippen MR) is 126 cm³/mol. The maximum Gasteiger partial charge on any atom is 0.166 e. The molecule has 30 heavy (non-hydrogen) atoms. The maximum atomic E-state index is 5.83. The molecule has 0 saturated carbocycles. The molecule has 0 bridgehead atoms. The Bertz CT molecular complexity index is 846. The van der Waals surface area contributed by atoms with Crippen molar-refractivity contribution in [3.63, 3.8) is 0 Å². The van der Waals surface area contributed by atoms with Gasteiger partial charge < -0.3 is 9.72 Å². The number of unbranched alkanes of at least 4 members (excludes halogenated alkanes) is 1. The number of thioether (sulfide) groups is 1. The van der Waals surface area contributed by atoms with E-state index in [1.807, 2.05) is 23.9 Å². The molecule has 0 aliphatic carbocycles. The zero-order chi connectivity index (χ0) is 20.8. The molecule has 0 amide bonds. The third-order valence-electron chi connectivity index (χ3n) is 5.39. The number of H-pyrrole nitrogens is 1. The van der Waals surface area contributed by atoms with Gasteiger partial charge in [0.1, 0.15) is 0 Å². The Balaban J connectivity index is 1.36. The minimum Gasteiger partial charge on any atom is -0.373 e. The van der Waals surface area contributed by atoms with Crippen LogP contribution in [-0.4, -0.2) is 52.5 Å². The molecule has 2 heterocycles. The first-order valence-electron chi connectivity index (χ1n) is 10.9. The van der Waals surface area contributed by atoms with E-state index in [4.69, 9.17) is 9.72 Å². The molecule has 4 rings (SSSR count). The molecule has 0 radical (unpaired) electrons. The Morgan fingerprint density at radius 3 is 2.23 bits per heavy atom. The summed E-state index contributed by atoms with van der Waals surface area (Å²) in [5.74, 6) is 1.07. The number of ether oxygens (including phenoxy) is 1. The molecule has 2 atom stereocenters. The Kier molecular flexibility index (Phi) is 7.26. The average molecular weight is 422 g/mol. The van der Waals surface area contributed by atoms with E-state index in [-0.39, 0.29) is 0 Å². The first kappa shape index (κ1) is 21.2. The van der Waals surface area contributed by atoms with Gasteiger partial charge in [-0.1, -0.05) is 72.4 Å². The van der Waals surface area contributed by atoms with Gasteiger partial charge in [-0.25, -0.2) is 4.98 Å². The highest BCUT2D eigenvalue weighted by molar-refractivity contribution is 7.99. The minimum atomic E-state index is 0.346. The van der Waals surface area contributed by atoms with E-state index in [2.05, 4.69) is 72.3 Å². The number of morpholine rings is 1. The lowest BCUT2D eigenvalue weighted by atomic mass is 10.1. The number of nitrogens with zero attached hydrogens (tertiary/aromatic N) is 2. The number of benzene rings is 2. The average Bonchev–Trinajstić information content (AvgIpc) is 3.18. The van der Waals surface area contributed by atoms with Crippen LogP contribution in [0.5, 0.6) is 0 Å². The summed E-state index contributed by atoms with van der Waals surface area (Å²) < 4.78 is 5.83. The fraction of sp³-hybridized carbons (Fsp3) is 0.400. The molecule has 0 spiro atoms. The Morgan fingerprint density at radius 2 is 1.57 bits per heavy atom. The Morgan fingerprint density at radius 1 is 0.933 bits per heavy atom. The molecular weight excluding hydrogens is 390 g/mol. The van der Waals surface area contributed by atoms with Crippen LogP contribution < -0.4 is 0 Å². The van der Waals surface area contributed by atoms with Crippen molar-refractivity contribution in [2.75, 3.05) is 25.4 Å². The molecule has 1 fully saturated rings. The van der Waals surface area contributed by atoms with Gasteiger partial charge in [0.15, 0.2) is 5.16 Å². The van der Waals surface area contributed by atoms with Crippen molar-refractivity contribution in [1.82, 2.24) is 14.9 Å². The smallest absolute Gasteiger partial charge is 0.166 e. The van der Waals surface area contributed by atoms with Crippen molar-refractivity contribution in [2.45, 2.75) is 44.1 Å². The van der Waals surface area contributed by atoms with E-state index in [0.29, 0.717) is 12.2 Å². The zero-order valence-corrected chi connectivity index (χ0v) is 18.7. The minimum absolute atomic E-state index is 0.346. The highest BCUT2D eigenvalue weighted by Gasteiger charge is 2.21. The molecular formula is C25H31N3OS. The third kappa shape index (κ3) is 5.54. The molecule has 3 aromatic rings. The molecule has 0 unspecified atom stereocenters. The Labute approximate surface area is 184 Å². The van der Waals surface area contributed by atoms with Crippen molar-refractivity contribution in [2.24, 2.45) is 0 Å². The van der Waals surface area contributed by atoms with Gasteiger partial charge in [0.05, 0.1) is 23.6 Å². The Hall–Kier alpha value is -2.08. The molecule has 1 saturated heterocycles. The summed E-state index contributed by atoms with van der Waals surface area (Å²) in [6.07, 6.45) is 3.09. The van der Waals surface area contributed by atoms with E-state index in [9.17, 15) is 0 Å². The highest BCUT2D eigenvalue weighted by Crippen LogP contribution is 2.32. The van der Waals surface area contributed by atoms with Crippen LogP contribution in [0.1, 0.15) is 26.7 Å². The van der Waals surface area contributed by atoms with Crippen molar-refractivity contribution < 1.29 is 4.74 Å². The van der Waals surface area contributed by atoms with Gasteiger partial charge in [0.25, 0.3) is 0 Å². The van der Waals surface area contributed by atoms with Crippen molar-refractivity contribution in [1.29, 1.82) is 0 Å². The topological polar surface area (TPSA) is 41.2 Å². The van der Waals surface area contributed by atoms with Crippen LogP contribution in [0, 0.1) is 0 Å². The number of nitrogens with one attached hydrogen (secondary N) is 1. The van der Waals surface area contributed by atoms with Crippen LogP contribution >= 0.6 is 11.8 Å². The van der Waals surface area contributed by atoms with Gasteiger partial charge in [0, 0.05) is 30.0 Å². The van der Waals surface area contributed by atoms with Crippen LogP contribution in [0.4, 0.5) is 0 Å². The number of aromatic amines is 1. The summed E-state index contributed by atoms with van der Waals surface area (Å²) in [4.78, 5) is 11.1. The standard InChI is InChI=1S/C25H31N3OS/c1-19-17-28(18-20(2)29-19)15-9-10-16-30-25-26-23(21-11-5-3-6-12-21)24(27-25)22-13-7-4-8-14-22/h3-8,11-14,19-20H,9-10,15-18H2,1-2H3,(H,26,27)/t19-,20-/m0/s1. The lowest BCUT2D eigenvalue weighted by molar-refractivity contribution is -0.0680. The fourth-order valence-electron chi connectivity index (χ4n) is 4.11. The van der Waals surface area contributed by atoms with Gasteiger partial charge in [-0.3, -0.25) is 4.90 Å². The number of aromatic nitrogens is 2. The van der Waals surface area contributed by atoms with E-state index in [0.717, 1.165) is 47.5 Å². The van der Waals surface area contributed by atoms with E-state index in [1.165, 1.54) is 18.4 Å². The molecule has 2 aromatic carbocycles. The lowest BCUT2D eigenvalue weighted by Crippen LogP contribution is -2.45. The van der Waals surface area contributed by atoms with Crippen LogP contribution in [0.3, 0.4) is 0 Å². The van der Waals surface area contributed by atoms with Gasteiger partial charge in [-0.15, -0.1) is 0 Å². The molecule has 1 aliphatic heterocycles. The molecule has 4 nitrogen and oxygen atoms in total. The first-order chi connectivity index (χ1) is 14.7. The van der Waals surface area contributed by atoms with Gasteiger partial charge >= 0.3 is 0 Å². The summed E-state index contributed by atoms with van der Waals surface area (Å²) in [7, 11) is 0. The monoisotopic (exact) mass is 421 g/mol. The van der Waals surface area contributed by atoms with Gasteiger partial charge in [0.2, 0.25) is 0 Å². The second kappa shape index (κ2) is 10.3. The van der Waals surface area contributed by atoms with Crippen molar-refractivity contribution >= 4 is 11.8 Å². The van der Waals surface area contributed by atoms with Crippen LogP contribution in [0.15, 0.2) is 65.8 Å². The molecule has 1 aromatic heterocycles.